The van der Waals surface area contributed by atoms with Gasteiger partial charge in [-0.1, -0.05) is 23.9 Å². The van der Waals surface area contributed by atoms with Crippen LogP contribution >= 0.6 is 11.5 Å². The van der Waals surface area contributed by atoms with E-state index in [0.29, 0.717) is 0 Å². The van der Waals surface area contributed by atoms with E-state index in [2.05, 4.69) is 21.9 Å². The van der Waals surface area contributed by atoms with Gasteiger partial charge in [-0.2, -0.15) is 0 Å². The molecule has 19 heavy (non-hydrogen) atoms. The summed E-state index contributed by atoms with van der Waals surface area (Å²) in [6.45, 7) is 3.97. The minimum absolute atomic E-state index is 0.192. The van der Waals surface area contributed by atoms with Crippen molar-refractivity contribution >= 4 is 11.5 Å². The first kappa shape index (κ1) is 14.0. The van der Waals surface area contributed by atoms with Crippen LogP contribution in [0.15, 0.2) is 18.2 Å². The van der Waals surface area contributed by atoms with E-state index < -0.39 is 0 Å². The highest BCUT2D eigenvalue weighted by Gasteiger charge is 2.21. The second kappa shape index (κ2) is 6.18. The molecule has 0 amide bonds. The average molecular weight is 280 g/mol. The Morgan fingerprint density at radius 3 is 2.89 bits per heavy atom. The van der Waals surface area contributed by atoms with Crippen molar-refractivity contribution in [2.45, 2.75) is 32.7 Å². The first-order valence-corrected chi connectivity index (χ1v) is 6.98. The number of nitrogens with zero attached hydrogens (tertiary/aromatic N) is 2. The molecule has 102 valence electrons. The van der Waals surface area contributed by atoms with E-state index in [0.717, 1.165) is 34.5 Å². The molecule has 1 unspecified atom stereocenters. The highest BCUT2D eigenvalue weighted by atomic mass is 32.1. The fourth-order valence-corrected chi connectivity index (χ4v) is 2.89. The van der Waals surface area contributed by atoms with E-state index >= 15 is 0 Å². The van der Waals surface area contributed by atoms with Crippen molar-refractivity contribution in [2.24, 2.45) is 5.84 Å². The predicted molar refractivity (Wildman–Crippen MR) is 74.2 cm³/mol. The summed E-state index contributed by atoms with van der Waals surface area (Å²) in [5.41, 5.74) is 5.56. The fraction of sp³-hybridized carbons (Fsp3) is 0.385. The van der Waals surface area contributed by atoms with Crippen molar-refractivity contribution in [2.75, 3.05) is 0 Å². The summed E-state index contributed by atoms with van der Waals surface area (Å²) in [7, 11) is 0. The maximum absolute atomic E-state index is 13.2. The number of rotatable bonds is 5. The van der Waals surface area contributed by atoms with Gasteiger partial charge in [-0.15, -0.1) is 5.10 Å². The zero-order valence-corrected chi connectivity index (χ0v) is 11.8. The second-order valence-corrected chi connectivity index (χ2v) is 5.22. The van der Waals surface area contributed by atoms with Gasteiger partial charge in [0.25, 0.3) is 0 Å². The number of halogens is 1. The third-order valence-electron chi connectivity index (χ3n) is 3.04. The molecule has 2 rings (SSSR count). The lowest BCUT2D eigenvalue weighted by atomic mass is 9.98. The third kappa shape index (κ3) is 2.97. The van der Waals surface area contributed by atoms with Crippen molar-refractivity contribution in [3.63, 3.8) is 0 Å². The number of hydrogen-bond donors (Lipinski definition) is 2. The molecule has 0 saturated carbocycles. The number of hydrogen-bond acceptors (Lipinski definition) is 5. The molecule has 3 N–H and O–H groups in total. The Labute approximate surface area is 116 Å². The number of hydrazine groups is 1. The Balaban J connectivity index is 2.41. The van der Waals surface area contributed by atoms with Crippen LogP contribution in [0.3, 0.4) is 0 Å². The molecule has 1 aromatic carbocycles. The topological polar surface area (TPSA) is 63.8 Å². The largest absolute Gasteiger partial charge is 0.271 e. The Morgan fingerprint density at radius 2 is 2.26 bits per heavy atom. The molecule has 4 nitrogen and oxygen atoms in total. The number of nitrogens with two attached hydrogens (primary N) is 1. The van der Waals surface area contributed by atoms with Gasteiger partial charge in [-0.25, -0.2) is 9.82 Å². The van der Waals surface area contributed by atoms with Crippen LogP contribution in [-0.4, -0.2) is 9.59 Å². The maximum Gasteiger partial charge on any atom is 0.123 e. The monoisotopic (exact) mass is 280 g/mol. The highest BCUT2D eigenvalue weighted by molar-refractivity contribution is 7.05. The van der Waals surface area contributed by atoms with E-state index in [1.807, 2.05) is 6.92 Å². The average Bonchev–Trinajstić information content (AvgIpc) is 2.82. The number of aryl methyl sites for hydroxylation is 2. The van der Waals surface area contributed by atoms with Crippen LogP contribution < -0.4 is 11.3 Å². The molecule has 1 heterocycles. The molecule has 0 spiro atoms. The van der Waals surface area contributed by atoms with Crippen LogP contribution in [0.1, 0.15) is 41.1 Å². The number of aromatic nitrogens is 2. The number of nitrogens with one attached hydrogen (secondary N) is 1. The van der Waals surface area contributed by atoms with Gasteiger partial charge >= 0.3 is 0 Å². The van der Waals surface area contributed by atoms with Gasteiger partial charge in [-0.3, -0.25) is 5.84 Å². The fourth-order valence-electron chi connectivity index (χ4n) is 2.11. The molecule has 0 aliphatic carbocycles. The van der Waals surface area contributed by atoms with Crippen molar-refractivity contribution in [3.8, 4) is 0 Å². The minimum atomic E-state index is -0.242. The van der Waals surface area contributed by atoms with Crippen molar-refractivity contribution in [1.29, 1.82) is 0 Å². The van der Waals surface area contributed by atoms with E-state index in [1.165, 1.54) is 23.7 Å². The van der Waals surface area contributed by atoms with Gasteiger partial charge < -0.3 is 0 Å². The molecule has 6 heteroatoms. The standard InChI is InChI=1S/C13H17FN4S/c1-3-4-11-13(19-18-17-11)12(16-15)10-6-5-9(14)7-8(10)2/h5-7,12,16H,3-4,15H2,1-2H3. The highest BCUT2D eigenvalue weighted by Crippen LogP contribution is 2.29. The summed E-state index contributed by atoms with van der Waals surface area (Å²) in [6, 6.07) is 4.51. The van der Waals surface area contributed by atoms with Crippen molar-refractivity contribution in [3.05, 3.63) is 45.7 Å². The Bertz CT molecular complexity index is 555. The van der Waals surface area contributed by atoms with Gasteiger partial charge in [-0.05, 0) is 48.1 Å². The predicted octanol–water partition coefficient (Wildman–Crippen LogP) is 2.49. The normalized spacial score (nSPS) is 12.6. The molecule has 0 aliphatic heterocycles. The van der Waals surface area contributed by atoms with Gasteiger partial charge in [0.05, 0.1) is 16.6 Å². The molecule has 0 saturated heterocycles. The lowest BCUT2D eigenvalue weighted by Crippen LogP contribution is -2.29. The lowest BCUT2D eigenvalue weighted by molar-refractivity contribution is 0.612. The second-order valence-electron chi connectivity index (χ2n) is 4.43. The van der Waals surface area contributed by atoms with Crippen molar-refractivity contribution < 1.29 is 4.39 Å². The summed E-state index contributed by atoms with van der Waals surface area (Å²) in [5.74, 6) is 5.43. The number of benzene rings is 1. The Kier molecular flexibility index (Phi) is 4.57. The lowest BCUT2D eigenvalue weighted by Gasteiger charge is -2.17. The summed E-state index contributed by atoms with van der Waals surface area (Å²) in [4.78, 5) is 0.999. The zero-order valence-electron chi connectivity index (χ0n) is 11.0. The quantitative estimate of drug-likeness (QED) is 0.652. The van der Waals surface area contributed by atoms with Crippen LogP contribution in [-0.2, 0) is 6.42 Å². The van der Waals surface area contributed by atoms with Crippen LogP contribution in [0.4, 0.5) is 4.39 Å². The molecule has 1 atom stereocenters. The first-order chi connectivity index (χ1) is 9.17. The Morgan fingerprint density at radius 1 is 1.47 bits per heavy atom. The van der Waals surface area contributed by atoms with Gasteiger partial charge in [0.15, 0.2) is 0 Å². The minimum Gasteiger partial charge on any atom is -0.271 e. The first-order valence-electron chi connectivity index (χ1n) is 6.20. The zero-order chi connectivity index (χ0) is 13.8. The molecular weight excluding hydrogens is 263 g/mol. The van der Waals surface area contributed by atoms with Crippen LogP contribution in [0.2, 0.25) is 0 Å². The summed E-state index contributed by atoms with van der Waals surface area (Å²) < 4.78 is 17.2. The van der Waals surface area contributed by atoms with Crippen LogP contribution in [0, 0.1) is 12.7 Å². The van der Waals surface area contributed by atoms with Gasteiger partial charge in [0.2, 0.25) is 0 Å². The molecular formula is C13H17FN4S. The smallest absolute Gasteiger partial charge is 0.123 e. The molecule has 2 aromatic rings. The van der Waals surface area contributed by atoms with E-state index in [-0.39, 0.29) is 11.9 Å². The Hall–Kier alpha value is -1.37. The molecule has 0 aliphatic rings. The van der Waals surface area contributed by atoms with Crippen LogP contribution in [0.5, 0.6) is 0 Å². The van der Waals surface area contributed by atoms with E-state index in [4.69, 9.17) is 5.84 Å². The summed E-state index contributed by atoms with van der Waals surface area (Å²) in [6.07, 6.45) is 1.86. The third-order valence-corrected chi connectivity index (χ3v) is 3.87. The summed E-state index contributed by atoms with van der Waals surface area (Å²) >= 11 is 1.33. The summed E-state index contributed by atoms with van der Waals surface area (Å²) in [5, 5.41) is 4.15. The molecule has 0 radical (unpaired) electrons. The van der Waals surface area contributed by atoms with Gasteiger partial charge in [0, 0.05) is 0 Å². The maximum atomic E-state index is 13.2. The van der Waals surface area contributed by atoms with Crippen molar-refractivity contribution in [1.82, 2.24) is 15.0 Å². The van der Waals surface area contributed by atoms with E-state index in [9.17, 15) is 4.39 Å². The molecule has 1 aromatic heterocycles. The molecule has 0 fully saturated rings. The van der Waals surface area contributed by atoms with E-state index in [1.54, 1.807) is 6.07 Å². The van der Waals surface area contributed by atoms with Crippen LogP contribution in [0.25, 0.3) is 0 Å². The molecule has 0 bridgehead atoms. The SMILES string of the molecule is CCCc1nnsc1C(NN)c1ccc(F)cc1C. The van der Waals surface area contributed by atoms with Gasteiger partial charge in [0.1, 0.15) is 5.82 Å².